The summed E-state index contributed by atoms with van der Waals surface area (Å²) in [5, 5.41) is 12.4. The van der Waals surface area contributed by atoms with Crippen molar-refractivity contribution in [3.63, 3.8) is 0 Å². The third-order valence-electron chi connectivity index (χ3n) is 2.92. The molecule has 1 rings (SSSR count). The lowest BCUT2D eigenvalue weighted by molar-refractivity contribution is -0.123. The topological polar surface area (TPSA) is 58.6 Å². The zero-order valence-electron chi connectivity index (χ0n) is 12.1. The first kappa shape index (κ1) is 17.0. The Labute approximate surface area is 128 Å². The molecular formula is C15H22BrNO3. The van der Waals surface area contributed by atoms with Crippen LogP contribution in [0.2, 0.25) is 0 Å². The van der Waals surface area contributed by atoms with E-state index in [0.29, 0.717) is 6.54 Å². The van der Waals surface area contributed by atoms with Crippen LogP contribution in [-0.4, -0.2) is 29.8 Å². The van der Waals surface area contributed by atoms with Crippen LogP contribution in [0.1, 0.15) is 27.2 Å². The molecule has 1 amide bonds. The number of amides is 1. The van der Waals surface area contributed by atoms with Crippen LogP contribution in [-0.2, 0) is 4.79 Å². The maximum absolute atomic E-state index is 11.6. The van der Waals surface area contributed by atoms with Crippen LogP contribution in [0.5, 0.6) is 5.75 Å². The number of ether oxygens (including phenoxy) is 1. The highest BCUT2D eigenvalue weighted by Crippen LogP contribution is 2.24. The van der Waals surface area contributed by atoms with Gasteiger partial charge in [0.2, 0.25) is 5.91 Å². The zero-order valence-corrected chi connectivity index (χ0v) is 13.7. The lowest BCUT2D eigenvalue weighted by atomic mass is 10.0. The minimum Gasteiger partial charge on any atom is -0.488 e. The quantitative estimate of drug-likeness (QED) is 0.800. The number of halogens is 1. The van der Waals surface area contributed by atoms with Crippen molar-refractivity contribution in [2.45, 2.75) is 39.4 Å². The molecule has 112 valence electrons. The number of aliphatic hydroxyl groups excluding tert-OH is 1. The first-order chi connectivity index (χ1) is 9.40. The largest absolute Gasteiger partial charge is 0.488 e. The Morgan fingerprint density at radius 1 is 1.35 bits per heavy atom. The Morgan fingerprint density at radius 3 is 2.60 bits per heavy atom. The van der Waals surface area contributed by atoms with Crippen molar-refractivity contribution in [1.29, 1.82) is 0 Å². The van der Waals surface area contributed by atoms with Gasteiger partial charge in [0.25, 0.3) is 0 Å². The second-order valence-corrected chi connectivity index (χ2v) is 6.03. The van der Waals surface area contributed by atoms with Gasteiger partial charge >= 0.3 is 0 Å². The number of benzene rings is 1. The van der Waals surface area contributed by atoms with Crippen LogP contribution >= 0.6 is 15.9 Å². The van der Waals surface area contributed by atoms with E-state index in [1.807, 2.05) is 45.0 Å². The number of nitrogens with one attached hydrogen (secondary N) is 1. The second kappa shape index (κ2) is 8.27. The average Bonchev–Trinajstić information content (AvgIpc) is 2.39. The van der Waals surface area contributed by atoms with Gasteiger partial charge in [-0.05, 0) is 40.9 Å². The van der Waals surface area contributed by atoms with Crippen LogP contribution in [0.25, 0.3) is 0 Å². The first-order valence-corrected chi connectivity index (χ1v) is 7.55. The van der Waals surface area contributed by atoms with E-state index in [2.05, 4.69) is 21.2 Å². The number of carbonyl (C=O) groups excluding carboxylic acids is 1. The molecule has 0 saturated heterocycles. The SMILES string of the molecule is CC(CNC(=O)CC(O)C(C)C)Oc1ccccc1Br. The lowest BCUT2D eigenvalue weighted by Crippen LogP contribution is -2.36. The van der Waals surface area contributed by atoms with E-state index in [9.17, 15) is 9.90 Å². The summed E-state index contributed by atoms with van der Waals surface area (Å²) < 4.78 is 6.61. The molecule has 20 heavy (non-hydrogen) atoms. The normalized spacial score (nSPS) is 13.9. The number of rotatable bonds is 7. The van der Waals surface area contributed by atoms with Gasteiger partial charge in [-0.3, -0.25) is 4.79 Å². The molecule has 2 atom stereocenters. The molecule has 0 radical (unpaired) electrons. The predicted octanol–water partition coefficient (Wildman–Crippen LogP) is 2.74. The van der Waals surface area contributed by atoms with Crippen LogP contribution in [0.4, 0.5) is 0 Å². The highest BCUT2D eigenvalue weighted by Gasteiger charge is 2.15. The monoisotopic (exact) mass is 343 g/mol. The summed E-state index contributed by atoms with van der Waals surface area (Å²) in [5.74, 6) is 0.667. The van der Waals surface area contributed by atoms with E-state index in [1.165, 1.54) is 0 Å². The van der Waals surface area contributed by atoms with Gasteiger partial charge in [-0.25, -0.2) is 0 Å². The van der Waals surface area contributed by atoms with Crippen molar-refractivity contribution in [2.24, 2.45) is 5.92 Å². The maximum Gasteiger partial charge on any atom is 0.222 e. The fourth-order valence-electron chi connectivity index (χ4n) is 1.55. The summed E-state index contributed by atoms with van der Waals surface area (Å²) >= 11 is 3.41. The molecule has 0 saturated carbocycles. The maximum atomic E-state index is 11.6. The Morgan fingerprint density at radius 2 is 2.00 bits per heavy atom. The molecule has 0 aliphatic carbocycles. The average molecular weight is 344 g/mol. The van der Waals surface area contributed by atoms with E-state index in [0.717, 1.165) is 10.2 Å². The predicted molar refractivity (Wildman–Crippen MR) is 82.7 cm³/mol. The number of hydrogen-bond donors (Lipinski definition) is 2. The van der Waals surface area contributed by atoms with Gasteiger partial charge in [0, 0.05) is 0 Å². The summed E-state index contributed by atoms with van der Waals surface area (Å²) in [5.41, 5.74) is 0. The molecule has 0 aliphatic heterocycles. The van der Waals surface area contributed by atoms with Crippen LogP contribution in [0.3, 0.4) is 0 Å². The van der Waals surface area contributed by atoms with Gasteiger partial charge in [0.05, 0.1) is 23.5 Å². The second-order valence-electron chi connectivity index (χ2n) is 5.18. The molecule has 2 unspecified atom stereocenters. The van der Waals surface area contributed by atoms with Crippen molar-refractivity contribution in [2.75, 3.05) is 6.54 Å². The molecule has 1 aromatic carbocycles. The summed E-state index contributed by atoms with van der Waals surface area (Å²) in [6.45, 7) is 6.07. The lowest BCUT2D eigenvalue weighted by Gasteiger charge is -2.18. The molecule has 0 aromatic heterocycles. The third kappa shape index (κ3) is 5.92. The van der Waals surface area contributed by atoms with Crippen LogP contribution < -0.4 is 10.1 Å². The standard InChI is InChI=1S/C15H22BrNO3/c1-10(2)13(18)8-15(19)17-9-11(3)20-14-7-5-4-6-12(14)16/h4-7,10-11,13,18H,8-9H2,1-3H3,(H,17,19). The van der Waals surface area contributed by atoms with E-state index in [-0.39, 0.29) is 24.3 Å². The molecular weight excluding hydrogens is 322 g/mol. The highest BCUT2D eigenvalue weighted by molar-refractivity contribution is 9.10. The van der Waals surface area contributed by atoms with Crippen LogP contribution in [0, 0.1) is 5.92 Å². The fourth-order valence-corrected chi connectivity index (χ4v) is 1.93. The van der Waals surface area contributed by atoms with Gasteiger partial charge in [-0.2, -0.15) is 0 Å². The Balaban J connectivity index is 2.35. The molecule has 0 spiro atoms. The summed E-state index contributed by atoms with van der Waals surface area (Å²) in [7, 11) is 0. The Kier molecular flexibility index (Phi) is 7.02. The summed E-state index contributed by atoms with van der Waals surface area (Å²) in [6.07, 6.45) is -0.622. The molecule has 1 aromatic rings. The minimum absolute atomic E-state index is 0.0784. The highest BCUT2D eigenvalue weighted by atomic mass is 79.9. The van der Waals surface area contributed by atoms with E-state index in [4.69, 9.17) is 4.74 Å². The van der Waals surface area contributed by atoms with Gasteiger partial charge in [0.15, 0.2) is 0 Å². The molecule has 4 nitrogen and oxygen atoms in total. The summed E-state index contributed by atoms with van der Waals surface area (Å²) in [4.78, 5) is 11.6. The summed E-state index contributed by atoms with van der Waals surface area (Å²) in [6, 6.07) is 7.58. The number of para-hydroxylation sites is 1. The van der Waals surface area contributed by atoms with Gasteiger partial charge in [0.1, 0.15) is 11.9 Å². The first-order valence-electron chi connectivity index (χ1n) is 6.76. The van der Waals surface area contributed by atoms with E-state index in [1.54, 1.807) is 0 Å². The van der Waals surface area contributed by atoms with E-state index < -0.39 is 6.10 Å². The van der Waals surface area contributed by atoms with Crippen molar-refractivity contribution in [3.8, 4) is 5.75 Å². The Bertz CT molecular complexity index is 437. The zero-order chi connectivity index (χ0) is 15.1. The molecule has 5 heteroatoms. The fraction of sp³-hybridized carbons (Fsp3) is 0.533. The van der Waals surface area contributed by atoms with E-state index >= 15 is 0 Å². The number of aliphatic hydroxyl groups is 1. The minimum atomic E-state index is -0.602. The van der Waals surface area contributed by atoms with Crippen LogP contribution in [0.15, 0.2) is 28.7 Å². The van der Waals surface area contributed by atoms with Gasteiger partial charge in [-0.15, -0.1) is 0 Å². The molecule has 0 heterocycles. The molecule has 0 bridgehead atoms. The number of carbonyl (C=O) groups is 1. The van der Waals surface area contributed by atoms with Gasteiger partial charge in [-0.1, -0.05) is 26.0 Å². The van der Waals surface area contributed by atoms with Crippen molar-refractivity contribution >= 4 is 21.8 Å². The van der Waals surface area contributed by atoms with Crippen molar-refractivity contribution < 1.29 is 14.6 Å². The molecule has 0 fully saturated rings. The van der Waals surface area contributed by atoms with Gasteiger partial charge < -0.3 is 15.2 Å². The number of hydrogen-bond acceptors (Lipinski definition) is 3. The van der Waals surface area contributed by atoms with Crippen molar-refractivity contribution in [1.82, 2.24) is 5.32 Å². The molecule has 0 aliphatic rings. The molecule has 2 N–H and O–H groups in total. The third-order valence-corrected chi connectivity index (χ3v) is 3.57. The van der Waals surface area contributed by atoms with Crippen molar-refractivity contribution in [3.05, 3.63) is 28.7 Å². The smallest absolute Gasteiger partial charge is 0.222 e. The Hall–Kier alpha value is -1.07.